The Bertz CT molecular complexity index is 950. The molecule has 0 saturated carbocycles. The summed E-state index contributed by atoms with van der Waals surface area (Å²) in [6.45, 7) is 7.51. The van der Waals surface area contributed by atoms with Crippen LogP contribution < -0.4 is 4.90 Å². The highest BCUT2D eigenvalue weighted by molar-refractivity contribution is 7.99. The summed E-state index contributed by atoms with van der Waals surface area (Å²) >= 11 is 3.15. The molecule has 31 heavy (non-hydrogen) atoms. The lowest BCUT2D eigenvalue weighted by Crippen LogP contribution is -2.38. The van der Waals surface area contributed by atoms with E-state index in [-0.39, 0.29) is 24.1 Å². The van der Waals surface area contributed by atoms with Crippen LogP contribution in [0, 0.1) is 5.82 Å². The van der Waals surface area contributed by atoms with Crippen LogP contribution in [0.4, 0.5) is 9.52 Å². The minimum atomic E-state index is -0.281. The molecule has 4 nitrogen and oxygen atoms in total. The number of anilines is 1. The number of rotatable bonds is 11. The monoisotopic (exact) mass is 481 g/mol. The lowest BCUT2D eigenvalue weighted by Gasteiger charge is -2.24. The zero-order valence-electron chi connectivity index (χ0n) is 17.9. The molecule has 3 rings (SSSR count). The van der Waals surface area contributed by atoms with Gasteiger partial charge in [0.15, 0.2) is 5.13 Å². The summed E-state index contributed by atoms with van der Waals surface area (Å²) in [5, 5.41) is 0.656. The van der Waals surface area contributed by atoms with Crippen molar-refractivity contribution in [3.05, 3.63) is 54.3 Å². The van der Waals surface area contributed by atoms with E-state index >= 15 is 0 Å². The van der Waals surface area contributed by atoms with E-state index in [0.29, 0.717) is 18.1 Å². The Balaban J connectivity index is 0.00000341. The highest BCUT2D eigenvalue weighted by Gasteiger charge is 2.20. The molecule has 0 saturated heterocycles. The van der Waals surface area contributed by atoms with Crippen LogP contribution in [0.3, 0.4) is 0 Å². The molecule has 168 valence electrons. The minimum absolute atomic E-state index is 0. The smallest absolute Gasteiger partial charge is 0.228 e. The van der Waals surface area contributed by atoms with Gasteiger partial charge in [0.05, 0.1) is 10.2 Å². The molecule has 2 aromatic carbocycles. The molecule has 3 aromatic rings. The van der Waals surface area contributed by atoms with Gasteiger partial charge in [-0.2, -0.15) is 0 Å². The quantitative estimate of drug-likeness (QED) is 0.245. The molecular weight excluding hydrogens is 453 g/mol. The molecule has 0 aliphatic carbocycles. The molecule has 0 atom stereocenters. The molecule has 1 aromatic heterocycles. The number of thiazole rings is 1. The number of amides is 1. The summed E-state index contributed by atoms with van der Waals surface area (Å²) in [6, 6.07) is 14.8. The van der Waals surface area contributed by atoms with Crippen LogP contribution in [0.25, 0.3) is 10.2 Å². The second-order valence-corrected chi connectivity index (χ2v) is 9.12. The Hall–Kier alpha value is -1.67. The molecule has 0 unspecified atom stereocenters. The molecule has 0 N–H and O–H groups in total. The Labute approximate surface area is 198 Å². The van der Waals surface area contributed by atoms with Gasteiger partial charge < -0.3 is 4.90 Å². The molecule has 0 fully saturated rings. The van der Waals surface area contributed by atoms with Gasteiger partial charge in [0, 0.05) is 24.4 Å². The zero-order chi connectivity index (χ0) is 21.3. The Morgan fingerprint density at radius 3 is 2.55 bits per heavy atom. The third-order valence-corrected chi connectivity index (χ3v) is 7.09. The molecule has 0 aliphatic rings. The lowest BCUT2D eigenvalue weighted by molar-refractivity contribution is -0.118. The Morgan fingerprint density at radius 1 is 1.10 bits per heavy atom. The standard InChI is InChI=1S/C23H28FN3OS2.ClH/c1-3-26(4-2)14-15-27(23-25-20-13-12-18(24)17-21(20)30-23)22(28)11-8-16-29-19-9-6-5-7-10-19;/h5-7,9-10,12-13,17H,3-4,8,11,14-16H2,1-2H3;1H. The SMILES string of the molecule is CCN(CC)CCN(C(=O)CCCSc1ccccc1)c1nc2ccc(F)cc2s1.Cl. The summed E-state index contributed by atoms with van der Waals surface area (Å²) in [7, 11) is 0. The van der Waals surface area contributed by atoms with E-state index in [4.69, 9.17) is 0 Å². The maximum Gasteiger partial charge on any atom is 0.228 e. The van der Waals surface area contributed by atoms with Crippen molar-refractivity contribution in [3.63, 3.8) is 0 Å². The van der Waals surface area contributed by atoms with Gasteiger partial charge in [-0.15, -0.1) is 24.2 Å². The molecule has 0 aliphatic heterocycles. The van der Waals surface area contributed by atoms with Crippen molar-refractivity contribution in [2.75, 3.05) is 36.8 Å². The molecule has 0 radical (unpaired) electrons. The number of carbonyl (C=O) groups excluding carboxylic acids is 1. The predicted molar refractivity (Wildman–Crippen MR) is 133 cm³/mol. The lowest BCUT2D eigenvalue weighted by atomic mass is 10.3. The molecular formula is C23H29ClFN3OS2. The number of thioether (sulfide) groups is 1. The van der Waals surface area contributed by atoms with Crippen molar-refractivity contribution in [1.29, 1.82) is 0 Å². The van der Waals surface area contributed by atoms with Crippen molar-refractivity contribution < 1.29 is 9.18 Å². The summed E-state index contributed by atoms with van der Waals surface area (Å²) < 4.78 is 14.4. The molecule has 8 heteroatoms. The fourth-order valence-corrected chi connectivity index (χ4v) is 5.08. The van der Waals surface area contributed by atoms with Gasteiger partial charge in [0.2, 0.25) is 5.91 Å². The summed E-state index contributed by atoms with van der Waals surface area (Å²) in [6.07, 6.45) is 1.28. The fraction of sp³-hybridized carbons (Fsp3) is 0.391. The molecule has 1 amide bonds. The topological polar surface area (TPSA) is 36.4 Å². The maximum absolute atomic E-state index is 13.6. The highest BCUT2D eigenvalue weighted by atomic mass is 35.5. The normalized spacial score (nSPS) is 11.0. The zero-order valence-corrected chi connectivity index (χ0v) is 20.4. The van der Waals surface area contributed by atoms with E-state index in [1.165, 1.54) is 28.4 Å². The largest absolute Gasteiger partial charge is 0.302 e. The van der Waals surface area contributed by atoms with E-state index in [2.05, 4.69) is 35.9 Å². The second kappa shape index (κ2) is 13.0. The molecule has 0 bridgehead atoms. The average molecular weight is 482 g/mol. The number of nitrogens with zero attached hydrogens (tertiary/aromatic N) is 3. The number of carbonyl (C=O) groups is 1. The van der Waals surface area contributed by atoms with Crippen LogP contribution in [0.2, 0.25) is 0 Å². The highest BCUT2D eigenvalue weighted by Crippen LogP contribution is 2.30. The fourth-order valence-electron chi connectivity index (χ4n) is 3.18. The van der Waals surface area contributed by atoms with Crippen LogP contribution in [0.15, 0.2) is 53.4 Å². The van der Waals surface area contributed by atoms with Gasteiger partial charge in [-0.05, 0) is 55.6 Å². The summed E-state index contributed by atoms with van der Waals surface area (Å²) in [5.74, 6) is 0.692. The minimum Gasteiger partial charge on any atom is -0.302 e. The van der Waals surface area contributed by atoms with Crippen molar-refractivity contribution >= 4 is 56.8 Å². The van der Waals surface area contributed by atoms with Crippen LogP contribution >= 0.6 is 35.5 Å². The first-order valence-corrected chi connectivity index (χ1v) is 12.2. The first-order valence-electron chi connectivity index (χ1n) is 10.4. The van der Waals surface area contributed by atoms with E-state index in [0.717, 1.165) is 42.0 Å². The predicted octanol–water partition coefficient (Wildman–Crippen LogP) is 6.10. The second-order valence-electron chi connectivity index (χ2n) is 6.95. The number of aromatic nitrogens is 1. The number of hydrogen-bond donors (Lipinski definition) is 0. The first kappa shape index (κ1) is 25.6. The van der Waals surface area contributed by atoms with E-state index < -0.39 is 0 Å². The van der Waals surface area contributed by atoms with Crippen LogP contribution in [-0.2, 0) is 4.79 Å². The van der Waals surface area contributed by atoms with Gasteiger partial charge >= 0.3 is 0 Å². The van der Waals surface area contributed by atoms with E-state index in [1.807, 2.05) is 18.2 Å². The number of fused-ring (bicyclic) bond motifs is 1. The van der Waals surface area contributed by atoms with Gasteiger partial charge in [0.1, 0.15) is 5.82 Å². The van der Waals surface area contributed by atoms with Crippen LogP contribution in [0.1, 0.15) is 26.7 Å². The van der Waals surface area contributed by atoms with Crippen molar-refractivity contribution in [2.24, 2.45) is 0 Å². The first-order chi connectivity index (χ1) is 14.6. The van der Waals surface area contributed by atoms with Gasteiger partial charge in [-0.25, -0.2) is 9.37 Å². The van der Waals surface area contributed by atoms with E-state index in [9.17, 15) is 9.18 Å². The van der Waals surface area contributed by atoms with Crippen molar-refractivity contribution in [3.8, 4) is 0 Å². The van der Waals surface area contributed by atoms with Crippen molar-refractivity contribution in [2.45, 2.75) is 31.6 Å². The van der Waals surface area contributed by atoms with Gasteiger partial charge in [0.25, 0.3) is 0 Å². The number of halogens is 2. The van der Waals surface area contributed by atoms with Gasteiger partial charge in [-0.1, -0.05) is 43.4 Å². The Morgan fingerprint density at radius 2 is 1.84 bits per heavy atom. The summed E-state index contributed by atoms with van der Waals surface area (Å²) in [4.78, 5) is 23.0. The van der Waals surface area contributed by atoms with Crippen molar-refractivity contribution in [1.82, 2.24) is 9.88 Å². The number of benzene rings is 2. The molecule has 0 spiro atoms. The van der Waals surface area contributed by atoms with Gasteiger partial charge in [-0.3, -0.25) is 9.69 Å². The molecule has 1 heterocycles. The third kappa shape index (κ3) is 7.45. The number of hydrogen-bond acceptors (Lipinski definition) is 5. The van der Waals surface area contributed by atoms with Crippen LogP contribution in [0.5, 0.6) is 0 Å². The average Bonchev–Trinajstić information content (AvgIpc) is 3.17. The van der Waals surface area contributed by atoms with E-state index in [1.54, 1.807) is 22.7 Å². The Kier molecular flexibility index (Phi) is 10.7. The third-order valence-electron chi connectivity index (χ3n) is 4.95. The summed E-state index contributed by atoms with van der Waals surface area (Å²) in [5.41, 5.74) is 0.733. The maximum atomic E-state index is 13.6. The number of likely N-dealkylation sites (N-methyl/N-ethyl adjacent to an activating group) is 1. The van der Waals surface area contributed by atoms with Crippen LogP contribution in [-0.4, -0.2) is 47.7 Å².